The summed E-state index contributed by atoms with van der Waals surface area (Å²) in [6.07, 6.45) is 3.19. The van der Waals surface area contributed by atoms with Gasteiger partial charge in [-0.3, -0.25) is 4.90 Å². The lowest BCUT2D eigenvalue weighted by Gasteiger charge is -2.35. The summed E-state index contributed by atoms with van der Waals surface area (Å²) in [5, 5.41) is 0.777. The molecule has 3 rings (SSSR count). The predicted octanol–water partition coefficient (Wildman–Crippen LogP) is 2.74. The Kier molecular flexibility index (Phi) is 5.34. The Hall–Kier alpha value is -1.28. The van der Waals surface area contributed by atoms with E-state index in [1.165, 1.54) is 23.1 Å². The summed E-state index contributed by atoms with van der Waals surface area (Å²) in [7, 11) is -1.73. The molecule has 1 aliphatic rings. The molecule has 0 amide bonds. The van der Waals surface area contributed by atoms with E-state index in [0.717, 1.165) is 37.5 Å². The third-order valence-electron chi connectivity index (χ3n) is 4.55. The van der Waals surface area contributed by atoms with Crippen LogP contribution in [0.5, 0.6) is 0 Å². The van der Waals surface area contributed by atoms with Crippen molar-refractivity contribution in [3.8, 4) is 0 Å². The van der Waals surface area contributed by atoms with Crippen molar-refractivity contribution >= 4 is 21.4 Å². The summed E-state index contributed by atoms with van der Waals surface area (Å²) in [5.74, 6) is 0. The van der Waals surface area contributed by atoms with E-state index in [9.17, 15) is 8.42 Å². The molecule has 7 heteroatoms. The first-order valence-electron chi connectivity index (χ1n) is 8.13. The van der Waals surface area contributed by atoms with Crippen LogP contribution in [0, 0.1) is 6.92 Å². The van der Waals surface area contributed by atoms with Crippen LogP contribution < -0.4 is 0 Å². The van der Waals surface area contributed by atoms with Crippen LogP contribution >= 0.6 is 11.3 Å². The molecule has 2 aromatic rings. The van der Waals surface area contributed by atoms with Gasteiger partial charge in [0.2, 0.25) is 0 Å². The maximum Gasteiger partial charge on any atom is 0.254 e. The van der Waals surface area contributed by atoms with Crippen molar-refractivity contribution in [2.45, 2.75) is 36.6 Å². The Bertz CT molecular complexity index is 766. The minimum atomic E-state index is -3.42. The van der Waals surface area contributed by atoms with Gasteiger partial charge in [-0.05, 0) is 25.3 Å². The van der Waals surface area contributed by atoms with E-state index in [2.05, 4.69) is 34.1 Å². The molecule has 1 fully saturated rings. The first kappa shape index (κ1) is 17.5. The molecule has 0 saturated carbocycles. The number of likely N-dealkylation sites (tertiary alicyclic amines) is 1. The number of thiazole rings is 1. The number of sulfonamides is 1. The second-order valence-corrected chi connectivity index (χ2v) is 9.67. The second-order valence-electron chi connectivity index (χ2n) is 6.21. The highest BCUT2D eigenvalue weighted by atomic mass is 32.2. The number of rotatable bonds is 5. The Morgan fingerprint density at radius 2 is 1.92 bits per heavy atom. The molecule has 0 atom stereocenters. The van der Waals surface area contributed by atoms with E-state index in [1.54, 1.807) is 11.4 Å². The molecule has 0 N–H and O–H groups in total. The van der Waals surface area contributed by atoms with E-state index >= 15 is 0 Å². The molecule has 1 aliphatic heterocycles. The van der Waals surface area contributed by atoms with E-state index in [1.807, 2.05) is 13.0 Å². The molecular formula is C17H23N3O2S2. The molecular weight excluding hydrogens is 342 g/mol. The molecule has 1 aromatic heterocycles. The molecule has 5 nitrogen and oxygen atoms in total. The van der Waals surface area contributed by atoms with E-state index in [-0.39, 0.29) is 6.04 Å². The van der Waals surface area contributed by atoms with Gasteiger partial charge >= 0.3 is 0 Å². The summed E-state index contributed by atoms with van der Waals surface area (Å²) < 4.78 is 27.3. The lowest BCUT2D eigenvalue weighted by atomic mass is 10.0. The monoisotopic (exact) mass is 365 g/mol. The number of aromatic nitrogens is 1. The summed E-state index contributed by atoms with van der Waals surface area (Å²) in [5.41, 5.74) is 1.30. The van der Waals surface area contributed by atoms with Crippen LogP contribution in [0.3, 0.4) is 0 Å². The van der Waals surface area contributed by atoms with Crippen LogP contribution in [0.25, 0.3) is 0 Å². The summed E-state index contributed by atoms with van der Waals surface area (Å²) >= 11 is 1.24. The highest BCUT2D eigenvalue weighted by molar-refractivity contribution is 7.91. The normalized spacial score (nSPS) is 17.5. The first-order chi connectivity index (χ1) is 11.5. The average molecular weight is 366 g/mol. The van der Waals surface area contributed by atoms with Gasteiger partial charge in [0.05, 0.1) is 11.2 Å². The van der Waals surface area contributed by atoms with E-state index < -0.39 is 10.0 Å². The SMILES string of the molecule is Cc1ncc(S(=O)(=O)N(C)C2CCN(Cc3ccccc3)CC2)s1. The maximum absolute atomic E-state index is 12.7. The molecule has 2 heterocycles. The van der Waals surface area contributed by atoms with Crippen LogP contribution in [0.1, 0.15) is 23.4 Å². The molecule has 1 aromatic carbocycles. The number of nitrogens with zero attached hydrogens (tertiary/aromatic N) is 3. The molecule has 0 radical (unpaired) electrons. The van der Waals surface area contributed by atoms with Gasteiger partial charge in [0.15, 0.2) is 4.21 Å². The van der Waals surface area contributed by atoms with Crippen LogP contribution in [-0.4, -0.2) is 48.8 Å². The fourth-order valence-electron chi connectivity index (χ4n) is 3.08. The number of hydrogen-bond acceptors (Lipinski definition) is 5. The number of hydrogen-bond donors (Lipinski definition) is 0. The van der Waals surface area contributed by atoms with Crippen molar-refractivity contribution in [2.75, 3.05) is 20.1 Å². The van der Waals surface area contributed by atoms with Gasteiger partial charge in [-0.2, -0.15) is 4.31 Å². The molecule has 1 saturated heterocycles. The Labute approximate surface area is 148 Å². The van der Waals surface area contributed by atoms with Crippen molar-refractivity contribution in [2.24, 2.45) is 0 Å². The number of aryl methyl sites for hydroxylation is 1. The van der Waals surface area contributed by atoms with Crippen molar-refractivity contribution in [1.82, 2.24) is 14.2 Å². The standard InChI is InChI=1S/C17H23N3O2S2/c1-14-18-12-17(23-14)24(21,22)19(2)16-8-10-20(11-9-16)13-15-6-4-3-5-7-15/h3-7,12,16H,8-11,13H2,1-2H3. The topological polar surface area (TPSA) is 53.5 Å². The molecule has 24 heavy (non-hydrogen) atoms. The third-order valence-corrected chi connectivity index (χ3v) is 7.81. The second kappa shape index (κ2) is 7.31. The van der Waals surface area contributed by atoms with Gasteiger partial charge in [0.25, 0.3) is 10.0 Å². The summed E-state index contributed by atoms with van der Waals surface area (Å²) in [6.45, 7) is 4.59. The van der Waals surface area contributed by atoms with Gasteiger partial charge in [-0.1, -0.05) is 30.3 Å². The highest BCUT2D eigenvalue weighted by Gasteiger charge is 2.31. The van der Waals surface area contributed by atoms with E-state index in [4.69, 9.17) is 0 Å². The molecule has 130 valence electrons. The smallest absolute Gasteiger partial charge is 0.254 e. The van der Waals surface area contributed by atoms with Crippen LogP contribution in [0.15, 0.2) is 40.7 Å². The van der Waals surface area contributed by atoms with Gasteiger partial charge < -0.3 is 0 Å². The van der Waals surface area contributed by atoms with Crippen molar-refractivity contribution < 1.29 is 8.42 Å². The minimum Gasteiger partial charge on any atom is -0.299 e. The zero-order chi connectivity index (χ0) is 17.2. The van der Waals surface area contributed by atoms with Crippen molar-refractivity contribution in [1.29, 1.82) is 0 Å². The predicted molar refractivity (Wildman–Crippen MR) is 96.5 cm³/mol. The molecule has 0 unspecified atom stereocenters. The average Bonchev–Trinajstić information content (AvgIpc) is 3.03. The van der Waals surface area contributed by atoms with Crippen LogP contribution in [0.2, 0.25) is 0 Å². The fraction of sp³-hybridized carbons (Fsp3) is 0.471. The van der Waals surface area contributed by atoms with Crippen LogP contribution in [-0.2, 0) is 16.6 Å². The van der Waals surface area contributed by atoms with Crippen LogP contribution in [0.4, 0.5) is 0 Å². The lowest BCUT2D eigenvalue weighted by molar-refractivity contribution is 0.164. The fourth-order valence-corrected chi connectivity index (χ4v) is 5.79. The van der Waals surface area contributed by atoms with Gasteiger partial charge in [-0.15, -0.1) is 11.3 Å². The number of piperidine rings is 1. The summed E-state index contributed by atoms with van der Waals surface area (Å²) in [6, 6.07) is 10.5. The van der Waals surface area contributed by atoms with E-state index in [0.29, 0.717) is 4.21 Å². The van der Waals surface area contributed by atoms with Gasteiger partial charge in [0, 0.05) is 32.7 Å². The largest absolute Gasteiger partial charge is 0.299 e. The highest BCUT2D eigenvalue weighted by Crippen LogP contribution is 2.26. The Morgan fingerprint density at radius 3 is 2.50 bits per heavy atom. The van der Waals surface area contributed by atoms with Crippen molar-refractivity contribution in [3.05, 3.63) is 47.1 Å². The summed E-state index contributed by atoms with van der Waals surface area (Å²) in [4.78, 5) is 6.47. The number of benzene rings is 1. The Morgan fingerprint density at radius 1 is 1.25 bits per heavy atom. The van der Waals surface area contributed by atoms with Crippen molar-refractivity contribution in [3.63, 3.8) is 0 Å². The van der Waals surface area contributed by atoms with Gasteiger partial charge in [-0.25, -0.2) is 13.4 Å². The zero-order valence-electron chi connectivity index (χ0n) is 14.1. The third kappa shape index (κ3) is 3.85. The quantitative estimate of drug-likeness (QED) is 0.818. The lowest BCUT2D eigenvalue weighted by Crippen LogP contribution is -2.45. The molecule has 0 bridgehead atoms. The molecule has 0 spiro atoms. The first-order valence-corrected chi connectivity index (χ1v) is 10.4. The zero-order valence-corrected chi connectivity index (χ0v) is 15.7. The maximum atomic E-state index is 12.7. The molecule has 0 aliphatic carbocycles. The Balaban J connectivity index is 1.60. The van der Waals surface area contributed by atoms with Gasteiger partial charge in [0.1, 0.15) is 0 Å². The minimum absolute atomic E-state index is 0.0597.